The van der Waals surface area contributed by atoms with Crippen LogP contribution in [0.3, 0.4) is 0 Å². The van der Waals surface area contributed by atoms with Crippen molar-refractivity contribution >= 4 is 33.2 Å². The lowest BCUT2D eigenvalue weighted by molar-refractivity contribution is -0.121. The van der Waals surface area contributed by atoms with Crippen molar-refractivity contribution in [2.24, 2.45) is 0 Å². The Kier molecular flexibility index (Phi) is 7.54. The number of hydrogen-bond acceptors (Lipinski definition) is 4. The molecule has 0 saturated heterocycles. The normalized spacial score (nSPS) is 12.3. The van der Waals surface area contributed by atoms with E-state index < -0.39 is 22.0 Å². The summed E-state index contributed by atoms with van der Waals surface area (Å²) in [5.41, 5.74) is 3.39. The molecule has 6 nitrogen and oxygen atoms in total. The maximum absolute atomic E-state index is 12.6. The van der Waals surface area contributed by atoms with Gasteiger partial charge in [0.2, 0.25) is 15.9 Å². The zero-order valence-electron chi connectivity index (χ0n) is 17.3. The van der Waals surface area contributed by atoms with Gasteiger partial charge in [-0.1, -0.05) is 23.7 Å². The molecular formula is C21H27ClN2O4S. The van der Waals surface area contributed by atoms with Crippen LogP contribution in [-0.4, -0.2) is 39.8 Å². The standard InChI is InChI=1S/C21H27ClN2O4S/c1-14-7-9-19(12-16(14)3)28-11-10-23-21(25)17(4)24(29(5,26)27)20-13-18(22)8-6-15(20)2/h6-9,12-13,17H,10-11H2,1-5H3,(H,23,25). The summed E-state index contributed by atoms with van der Waals surface area (Å²) >= 11 is 6.04. The van der Waals surface area contributed by atoms with Crippen molar-refractivity contribution in [2.45, 2.75) is 33.7 Å². The van der Waals surface area contributed by atoms with Gasteiger partial charge in [0.25, 0.3) is 0 Å². The highest BCUT2D eigenvalue weighted by molar-refractivity contribution is 7.92. The Balaban J connectivity index is 2.04. The molecular weight excluding hydrogens is 412 g/mol. The first-order valence-corrected chi connectivity index (χ1v) is 11.5. The molecule has 2 rings (SSSR count). The number of nitrogens with zero attached hydrogens (tertiary/aromatic N) is 1. The number of ether oxygens (including phenoxy) is 1. The lowest BCUT2D eigenvalue weighted by Gasteiger charge is -2.29. The van der Waals surface area contributed by atoms with Gasteiger partial charge in [-0.2, -0.15) is 0 Å². The summed E-state index contributed by atoms with van der Waals surface area (Å²) < 4.78 is 31.5. The highest BCUT2D eigenvalue weighted by Gasteiger charge is 2.30. The van der Waals surface area contributed by atoms with Crippen molar-refractivity contribution in [1.82, 2.24) is 5.32 Å². The van der Waals surface area contributed by atoms with Crippen LogP contribution in [0.15, 0.2) is 36.4 Å². The van der Waals surface area contributed by atoms with Crippen molar-refractivity contribution in [3.05, 3.63) is 58.1 Å². The maximum atomic E-state index is 12.6. The third-order valence-corrected chi connectivity index (χ3v) is 6.11. The minimum atomic E-state index is -3.70. The van der Waals surface area contributed by atoms with Crippen LogP contribution >= 0.6 is 11.6 Å². The quantitative estimate of drug-likeness (QED) is 0.639. The van der Waals surface area contributed by atoms with E-state index in [9.17, 15) is 13.2 Å². The monoisotopic (exact) mass is 438 g/mol. The molecule has 1 amide bonds. The molecule has 1 N–H and O–H groups in total. The minimum absolute atomic E-state index is 0.252. The highest BCUT2D eigenvalue weighted by Crippen LogP contribution is 2.28. The first-order valence-electron chi connectivity index (χ1n) is 9.24. The number of halogens is 1. The number of anilines is 1. The van der Waals surface area contributed by atoms with E-state index in [0.29, 0.717) is 16.3 Å². The second kappa shape index (κ2) is 9.50. The van der Waals surface area contributed by atoms with E-state index in [1.54, 1.807) is 32.0 Å². The molecule has 0 bridgehead atoms. The van der Waals surface area contributed by atoms with Crippen LogP contribution in [-0.2, 0) is 14.8 Å². The lowest BCUT2D eigenvalue weighted by atomic mass is 10.1. The molecule has 2 aromatic rings. The third-order valence-electron chi connectivity index (χ3n) is 4.65. The minimum Gasteiger partial charge on any atom is -0.492 e. The molecule has 0 fully saturated rings. The van der Waals surface area contributed by atoms with Crippen LogP contribution in [0.25, 0.3) is 0 Å². The number of nitrogens with one attached hydrogen (secondary N) is 1. The Morgan fingerprint density at radius 1 is 1.10 bits per heavy atom. The maximum Gasteiger partial charge on any atom is 0.243 e. The summed E-state index contributed by atoms with van der Waals surface area (Å²) in [6.07, 6.45) is 1.07. The topological polar surface area (TPSA) is 75.7 Å². The number of hydrogen-bond donors (Lipinski definition) is 1. The van der Waals surface area contributed by atoms with Crippen LogP contribution in [0.2, 0.25) is 5.02 Å². The zero-order chi connectivity index (χ0) is 21.8. The fourth-order valence-electron chi connectivity index (χ4n) is 2.90. The van der Waals surface area contributed by atoms with Crippen LogP contribution < -0.4 is 14.4 Å². The van der Waals surface area contributed by atoms with E-state index in [-0.39, 0.29) is 13.2 Å². The van der Waals surface area contributed by atoms with Crippen molar-refractivity contribution < 1.29 is 17.9 Å². The Morgan fingerprint density at radius 2 is 1.76 bits per heavy atom. The molecule has 2 aromatic carbocycles. The van der Waals surface area contributed by atoms with Crippen molar-refractivity contribution in [3.63, 3.8) is 0 Å². The van der Waals surface area contributed by atoms with E-state index in [4.69, 9.17) is 16.3 Å². The Hall–Kier alpha value is -2.25. The van der Waals surface area contributed by atoms with Crippen LogP contribution in [0.5, 0.6) is 5.75 Å². The zero-order valence-corrected chi connectivity index (χ0v) is 18.9. The first-order chi connectivity index (χ1) is 13.5. The molecule has 0 aromatic heterocycles. The smallest absolute Gasteiger partial charge is 0.243 e. The van der Waals surface area contributed by atoms with Crippen LogP contribution in [0, 0.1) is 20.8 Å². The van der Waals surface area contributed by atoms with Crippen molar-refractivity contribution in [3.8, 4) is 5.75 Å². The summed E-state index contributed by atoms with van der Waals surface area (Å²) in [6.45, 7) is 7.87. The number of sulfonamides is 1. The molecule has 0 aliphatic heterocycles. The van der Waals surface area contributed by atoms with Gasteiger partial charge in [-0.3, -0.25) is 9.10 Å². The SMILES string of the molecule is Cc1ccc(OCCNC(=O)C(C)N(c2cc(Cl)ccc2C)S(C)(=O)=O)cc1C. The van der Waals surface area contributed by atoms with E-state index in [2.05, 4.69) is 5.32 Å². The molecule has 0 heterocycles. The van der Waals surface area contributed by atoms with Gasteiger partial charge in [-0.25, -0.2) is 8.42 Å². The van der Waals surface area contributed by atoms with Crippen LogP contribution in [0.1, 0.15) is 23.6 Å². The van der Waals surface area contributed by atoms with Gasteiger partial charge in [0.1, 0.15) is 18.4 Å². The number of amides is 1. The molecule has 0 spiro atoms. The molecule has 0 aliphatic carbocycles. The Labute approximate surface area is 177 Å². The average Bonchev–Trinajstić information content (AvgIpc) is 2.63. The number of carbonyl (C=O) groups is 1. The van der Waals surface area contributed by atoms with Crippen molar-refractivity contribution in [1.29, 1.82) is 0 Å². The molecule has 29 heavy (non-hydrogen) atoms. The molecule has 8 heteroatoms. The van der Waals surface area contributed by atoms with Crippen molar-refractivity contribution in [2.75, 3.05) is 23.7 Å². The predicted molar refractivity (Wildman–Crippen MR) is 117 cm³/mol. The van der Waals surface area contributed by atoms with E-state index in [0.717, 1.165) is 21.9 Å². The van der Waals surface area contributed by atoms with Gasteiger partial charge < -0.3 is 10.1 Å². The van der Waals surface area contributed by atoms with Gasteiger partial charge >= 0.3 is 0 Å². The predicted octanol–water partition coefficient (Wildman–Crippen LogP) is 3.61. The highest BCUT2D eigenvalue weighted by atomic mass is 35.5. The van der Waals surface area contributed by atoms with E-state index >= 15 is 0 Å². The fraction of sp³-hybridized carbons (Fsp3) is 0.381. The molecule has 0 saturated carbocycles. The summed E-state index contributed by atoms with van der Waals surface area (Å²) in [4.78, 5) is 12.6. The lowest BCUT2D eigenvalue weighted by Crippen LogP contribution is -2.48. The molecule has 158 valence electrons. The largest absolute Gasteiger partial charge is 0.492 e. The Bertz CT molecular complexity index is 992. The molecule has 0 radical (unpaired) electrons. The summed E-state index contributed by atoms with van der Waals surface area (Å²) in [5, 5.41) is 3.13. The summed E-state index contributed by atoms with van der Waals surface area (Å²) in [6, 6.07) is 9.79. The van der Waals surface area contributed by atoms with Gasteiger partial charge in [-0.05, 0) is 68.7 Å². The number of rotatable bonds is 8. The molecule has 1 atom stereocenters. The number of carbonyl (C=O) groups excluding carboxylic acids is 1. The molecule has 1 unspecified atom stereocenters. The fourth-order valence-corrected chi connectivity index (χ4v) is 4.29. The Morgan fingerprint density at radius 3 is 2.38 bits per heavy atom. The second-order valence-corrected chi connectivity index (χ2v) is 9.35. The van der Waals surface area contributed by atoms with E-state index in [1.165, 1.54) is 5.56 Å². The first kappa shape index (κ1) is 23.0. The number of aryl methyl sites for hydroxylation is 3. The van der Waals surface area contributed by atoms with Crippen LogP contribution in [0.4, 0.5) is 5.69 Å². The summed E-state index contributed by atoms with van der Waals surface area (Å²) in [5.74, 6) is 0.307. The van der Waals surface area contributed by atoms with Gasteiger partial charge in [0.05, 0.1) is 18.5 Å². The molecule has 0 aliphatic rings. The third kappa shape index (κ3) is 6.11. The second-order valence-electron chi connectivity index (χ2n) is 7.05. The van der Waals surface area contributed by atoms with Gasteiger partial charge in [0, 0.05) is 5.02 Å². The van der Waals surface area contributed by atoms with Gasteiger partial charge in [0.15, 0.2) is 0 Å². The van der Waals surface area contributed by atoms with E-state index in [1.807, 2.05) is 32.0 Å². The average molecular weight is 439 g/mol. The van der Waals surface area contributed by atoms with Gasteiger partial charge in [-0.15, -0.1) is 0 Å². The summed E-state index contributed by atoms with van der Waals surface area (Å²) in [7, 11) is -3.70. The number of benzene rings is 2.